The van der Waals surface area contributed by atoms with Crippen molar-refractivity contribution in [1.82, 2.24) is 9.97 Å². The van der Waals surface area contributed by atoms with Gasteiger partial charge in [0.05, 0.1) is 0 Å². The largest absolute Gasteiger partial charge is 0.460 e. The molecule has 0 saturated carbocycles. The van der Waals surface area contributed by atoms with Gasteiger partial charge in [0.25, 0.3) is 0 Å². The van der Waals surface area contributed by atoms with Gasteiger partial charge in [-0.3, -0.25) is 19.6 Å². The normalized spacial score (nSPS) is 10.9. The van der Waals surface area contributed by atoms with Crippen LogP contribution in [0.3, 0.4) is 0 Å². The molecular weight excluding hydrogens is 296 g/mol. The van der Waals surface area contributed by atoms with Crippen molar-refractivity contribution >= 4 is 11.9 Å². The van der Waals surface area contributed by atoms with Crippen molar-refractivity contribution in [2.45, 2.75) is 27.1 Å². The molecule has 2 rings (SSSR count). The Hall–Kier alpha value is -2.76. The van der Waals surface area contributed by atoms with Gasteiger partial charge in [0, 0.05) is 35.9 Å². The molecule has 0 aromatic carbocycles. The van der Waals surface area contributed by atoms with E-state index in [1.54, 1.807) is 49.1 Å². The van der Waals surface area contributed by atoms with Crippen molar-refractivity contribution in [3.63, 3.8) is 0 Å². The Morgan fingerprint density at radius 1 is 0.913 bits per heavy atom. The Morgan fingerprint density at radius 3 is 1.70 bits per heavy atom. The summed E-state index contributed by atoms with van der Waals surface area (Å²) in [6.45, 7) is 3.08. The van der Waals surface area contributed by atoms with Gasteiger partial charge in [0.2, 0.25) is 0 Å². The smallest absolute Gasteiger partial charge is 0.323 e. The lowest BCUT2D eigenvalue weighted by atomic mass is 9.94. The summed E-state index contributed by atoms with van der Waals surface area (Å²) in [5.74, 6) is -1.28. The molecule has 0 unspecified atom stereocenters. The summed E-state index contributed by atoms with van der Waals surface area (Å²) >= 11 is 0. The topological polar surface area (TPSA) is 78.4 Å². The molecule has 0 spiro atoms. The number of pyridine rings is 2. The van der Waals surface area contributed by atoms with E-state index in [1.165, 1.54) is 13.8 Å². The Labute approximate surface area is 134 Å². The number of hydrogen-bond acceptors (Lipinski definition) is 6. The van der Waals surface area contributed by atoms with E-state index in [0.717, 1.165) is 11.1 Å². The van der Waals surface area contributed by atoms with Crippen LogP contribution < -0.4 is 0 Å². The molecule has 0 fully saturated rings. The highest BCUT2D eigenvalue weighted by Crippen LogP contribution is 2.21. The number of carbonyl (C=O) groups excluding carboxylic acids is 2. The first kappa shape index (κ1) is 16.6. The summed E-state index contributed by atoms with van der Waals surface area (Å²) < 4.78 is 10.3. The molecule has 120 valence electrons. The molecule has 0 radical (unpaired) electrons. The second kappa shape index (κ2) is 7.49. The maximum absolute atomic E-state index is 12.1. The van der Waals surface area contributed by atoms with Crippen LogP contribution in [0.5, 0.6) is 0 Å². The van der Waals surface area contributed by atoms with Gasteiger partial charge in [0.15, 0.2) is 5.41 Å². The third-order valence-corrected chi connectivity index (χ3v) is 3.21. The molecule has 0 bridgehead atoms. The van der Waals surface area contributed by atoms with Gasteiger partial charge >= 0.3 is 11.9 Å². The fraction of sp³-hybridized carbons (Fsp3) is 0.294. The van der Waals surface area contributed by atoms with Crippen molar-refractivity contribution in [2.75, 3.05) is 0 Å². The van der Waals surface area contributed by atoms with Gasteiger partial charge in [-0.15, -0.1) is 0 Å². The minimum absolute atomic E-state index is 0.0615. The lowest BCUT2D eigenvalue weighted by Gasteiger charge is -2.20. The number of hydrogen-bond donors (Lipinski definition) is 0. The van der Waals surface area contributed by atoms with Crippen LogP contribution >= 0.6 is 0 Å². The molecule has 6 nitrogen and oxygen atoms in total. The third-order valence-electron chi connectivity index (χ3n) is 3.21. The molecule has 0 saturated heterocycles. The molecule has 23 heavy (non-hydrogen) atoms. The molecule has 6 heteroatoms. The molecule has 0 aliphatic rings. The standard InChI is InChI=1S/C17H18N2O4/c1-17(2,15(20)22-11-13-5-3-7-18-9-13)16(21)23-12-14-6-4-8-19-10-14/h3-10H,11-12H2,1-2H3. The predicted molar refractivity (Wildman–Crippen MR) is 81.8 cm³/mol. The summed E-state index contributed by atoms with van der Waals surface area (Å²) in [6.07, 6.45) is 6.46. The number of aromatic nitrogens is 2. The van der Waals surface area contributed by atoms with E-state index in [1.807, 2.05) is 0 Å². The first-order chi connectivity index (χ1) is 11.0. The van der Waals surface area contributed by atoms with Crippen LogP contribution in [0.1, 0.15) is 25.0 Å². The zero-order valence-corrected chi connectivity index (χ0v) is 13.1. The van der Waals surface area contributed by atoms with Gasteiger partial charge in [-0.25, -0.2) is 0 Å². The maximum atomic E-state index is 12.1. The SMILES string of the molecule is CC(C)(C(=O)OCc1cccnc1)C(=O)OCc1cccnc1. The van der Waals surface area contributed by atoms with Crippen LogP contribution in [0.25, 0.3) is 0 Å². The van der Waals surface area contributed by atoms with Gasteiger partial charge in [-0.05, 0) is 26.0 Å². The molecule has 0 atom stereocenters. The summed E-state index contributed by atoms with van der Waals surface area (Å²) in [5.41, 5.74) is 0.116. The van der Waals surface area contributed by atoms with E-state index < -0.39 is 17.4 Å². The second-order valence-corrected chi connectivity index (χ2v) is 5.50. The average molecular weight is 314 g/mol. The van der Waals surface area contributed by atoms with Gasteiger partial charge in [0.1, 0.15) is 13.2 Å². The first-order valence-corrected chi connectivity index (χ1v) is 7.12. The lowest BCUT2D eigenvalue weighted by Crippen LogP contribution is -2.36. The Balaban J connectivity index is 1.88. The number of carbonyl (C=O) groups is 2. The Kier molecular flexibility index (Phi) is 5.41. The van der Waals surface area contributed by atoms with Crippen LogP contribution in [0.15, 0.2) is 49.1 Å². The number of rotatable bonds is 6. The van der Waals surface area contributed by atoms with Crippen LogP contribution in [-0.2, 0) is 32.3 Å². The number of ether oxygens (including phenoxy) is 2. The van der Waals surface area contributed by atoms with Crippen molar-refractivity contribution in [2.24, 2.45) is 5.41 Å². The van der Waals surface area contributed by atoms with Crippen LogP contribution in [-0.4, -0.2) is 21.9 Å². The summed E-state index contributed by atoms with van der Waals surface area (Å²) in [4.78, 5) is 32.1. The predicted octanol–water partition coefficient (Wildman–Crippen LogP) is 2.29. The molecule has 2 aromatic heterocycles. The van der Waals surface area contributed by atoms with E-state index >= 15 is 0 Å². The molecule has 0 aliphatic carbocycles. The summed E-state index contributed by atoms with van der Waals surface area (Å²) in [7, 11) is 0. The molecule has 2 heterocycles. The zero-order valence-electron chi connectivity index (χ0n) is 13.1. The van der Waals surface area contributed by atoms with Crippen molar-refractivity contribution in [3.05, 3.63) is 60.2 Å². The molecular formula is C17H18N2O4. The monoisotopic (exact) mass is 314 g/mol. The van der Waals surface area contributed by atoms with E-state index in [0.29, 0.717) is 0 Å². The van der Waals surface area contributed by atoms with Crippen LogP contribution in [0, 0.1) is 5.41 Å². The van der Waals surface area contributed by atoms with Gasteiger partial charge < -0.3 is 9.47 Å². The van der Waals surface area contributed by atoms with Crippen molar-refractivity contribution in [1.29, 1.82) is 0 Å². The fourth-order valence-electron chi connectivity index (χ4n) is 1.71. The quantitative estimate of drug-likeness (QED) is 0.601. The van der Waals surface area contributed by atoms with Crippen molar-refractivity contribution in [3.8, 4) is 0 Å². The average Bonchev–Trinajstić information content (AvgIpc) is 2.59. The van der Waals surface area contributed by atoms with Gasteiger partial charge in [-0.1, -0.05) is 12.1 Å². The highest BCUT2D eigenvalue weighted by atomic mass is 16.6. The van der Waals surface area contributed by atoms with Gasteiger partial charge in [-0.2, -0.15) is 0 Å². The van der Waals surface area contributed by atoms with Crippen molar-refractivity contribution < 1.29 is 19.1 Å². The fourth-order valence-corrected chi connectivity index (χ4v) is 1.71. The highest BCUT2D eigenvalue weighted by molar-refractivity contribution is 5.99. The van der Waals surface area contributed by atoms with E-state index in [4.69, 9.17) is 9.47 Å². The highest BCUT2D eigenvalue weighted by Gasteiger charge is 2.39. The van der Waals surface area contributed by atoms with E-state index in [2.05, 4.69) is 9.97 Å². The second-order valence-electron chi connectivity index (χ2n) is 5.50. The zero-order chi connectivity index (χ0) is 16.7. The minimum Gasteiger partial charge on any atom is -0.460 e. The number of nitrogens with zero attached hydrogens (tertiary/aromatic N) is 2. The van der Waals surface area contributed by atoms with E-state index in [9.17, 15) is 9.59 Å². The summed E-state index contributed by atoms with van der Waals surface area (Å²) in [6, 6.07) is 7.06. The lowest BCUT2D eigenvalue weighted by molar-refractivity contribution is -0.171. The maximum Gasteiger partial charge on any atom is 0.323 e. The third kappa shape index (κ3) is 4.60. The van der Waals surface area contributed by atoms with Crippen LogP contribution in [0.4, 0.5) is 0 Å². The number of esters is 2. The van der Waals surface area contributed by atoms with E-state index in [-0.39, 0.29) is 13.2 Å². The first-order valence-electron chi connectivity index (χ1n) is 7.12. The Bertz CT molecular complexity index is 599. The molecule has 0 N–H and O–H groups in total. The minimum atomic E-state index is -1.38. The molecule has 2 aromatic rings. The van der Waals surface area contributed by atoms with Crippen LogP contribution in [0.2, 0.25) is 0 Å². The molecule has 0 aliphatic heterocycles. The molecule has 0 amide bonds. The summed E-state index contributed by atoms with van der Waals surface area (Å²) in [5, 5.41) is 0. The Morgan fingerprint density at radius 2 is 1.35 bits per heavy atom.